The summed E-state index contributed by atoms with van der Waals surface area (Å²) in [6.45, 7) is 0. The Bertz CT molecular complexity index is 973. The minimum atomic E-state index is 0.624. The summed E-state index contributed by atoms with van der Waals surface area (Å²) in [5.74, 6) is 3.04. The maximum atomic E-state index is 4.75. The molecule has 0 aliphatic rings. The quantitative estimate of drug-likeness (QED) is 0.364. The Morgan fingerprint density at radius 2 is 1.56 bits per heavy atom. The van der Waals surface area contributed by atoms with Crippen molar-refractivity contribution in [2.24, 2.45) is 0 Å². The molecule has 0 radical (unpaired) electrons. The van der Waals surface area contributed by atoms with Crippen molar-refractivity contribution in [2.45, 2.75) is 23.8 Å². The minimum Gasteiger partial charge on any atom is -0.237 e. The van der Waals surface area contributed by atoms with Crippen molar-refractivity contribution in [1.29, 1.82) is 0 Å². The van der Waals surface area contributed by atoms with Crippen molar-refractivity contribution in [3.63, 3.8) is 0 Å². The Balaban J connectivity index is 1.55. The van der Waals surface area contributed by atoms with Crippen molar-refractivity contribution in [3.8, 4) is 5.82 Å². The maximum absolute atomic E-state index is 4.75. The summed E-state index contributed by atoms with van der Waals surface area (Å²) < 4.78 is 1.82. The van der Waals surface area contributed by atoms with Gasteiger partial charge >= 0.3 is 0 Å². The molecule has 134 valence electrons. The van der Waals surface area contributed by atoms with Gasteiger partial charge in [-0.1, -0.05) is 48.2 Å². The molecule has 0 spiro atoms. The second-order valence-corrected chi connectivity index (χ2v) is 6.79. The fraction of sp³-hybridized carbons (Fsp3) is 0.150. The SMILES string of the molecule is c1ccc(CCc2nc(CSc3ncccn3)n(-c3ccccn3)n2)cc1. The Morgan fingerprint density at radius 1 is 0.778 bits per heavy atom. The fourth-order valence-electron chi connectivity index (χ4n) is 2.64. The monoisotopic (exact) mass is 374 g/mol. The number of nitrogens with zero attached hydrogens (tertiary/aromatic N) is 6. The third kappa shape index (κ3) is 4.57. The highest BCUT2D eigenvalue weighted by Crippen LogP contribution is 2.19. The van der Waals surface area contributed by atoms with Gasteiger partial charge in [-0.3, -0.25) is 0 Å². The molecule has 0 saturated carbocycles. The Morgan fingerprint density at radius 3 is 2.33 bits per heavy atom. The molecule has 3 aromatic heterocycles. The van der Waals surface area contributed by atoms with Gasteiger partial charge in [0.2, 0.25) is 0 Å². The summed E-state index contributed by atoms with van der Waals surface area (Å²) >= 11 is 1.54. The highest BCUT2D eigenvalue weighted by atomic mass is 32.2. The molecule has 0 amide bonds. The smallest absolute Gasteiger partial charge is 0.187 e. The van der Waals surface area contributed by atoms with Gasteiger partial charge in [-0.15, -0.1) is 5.10 Å². The van der Waals surface area contributed by atoms with Crippen LogP contribution in [-0.2, 0) is 18.6 Å². The first-order valence-corrected chi connectivity index (χ1v) is 9.67. The van der Waals surface area contributed by atoms with Crippen LogP contribution in [0.25, 0.3) is 5.82 Å². The zero-order valence-corrected chi connectivity index (χ0v) is 15.5. The lowest BCUT2D eigenvalue weighted by Gasteiger charge is -2.03. The van der Waals surface area contributed by atoms with Crippen molar-refractivity contribution < 1.29 is 0 Å². The van der Waals surface area contributed by atoms with Gasteiger partial charge < -0.3 is 0 Å². The number of hydrogen-bond acceptors (Lipinski definition) is 6. The van der Waals surface area contributed by atoms with Crippen molar-refractivity contribution >= 4 is 11.8 Å². The highest BCUT2D eigenvalue weighted by molar-refractivity contribution is 7.98. The van der Waals surface area contributed by atoms with Crippen LogP contribution >= 0.6 is 11.8 Å². The summed E-state index contributed by atoms with van der Waals surface area (Å²) in [6.07, 6.45) is 6.93. The van der Waals surface area contributed by atoms with Gasteiger partial charge in [0.15, 0.2) is 16.8 Å². The summed E-state index contributed by atoms with van der Waals surface area (Å²) in [4.78, 5) is 17.7. The van der Waals surface area contributed by atoms with Gasteiger partial charge in [-0.25, -0.2) is 19.9 Å². The third-order valence-electron chi connectivity index (χ3n) is 3.94. The summed E-state index contributed by atoms with van der Waals surface area (Å²) in [6, 6.07) is 18.0. The van der Waals surface area contributed by atoms with E-state index in [2.05, 4.69) is 39.2 Å². The molecule has 0 saturated heterocycles. The molecule has 1 aromatic carbocycles. The molecular weight excluding hydrogens is 356 g/mol. The molecule has 0 N–H and O–H groups in total. The Labute approximate surface area is 161 Å². The number of thioether (sulfide) groups is 1. The van der Waals surface area contributed by atoms with Crippen LogP contribution in [0.15, 0.2) is 78.3 Å². The predicted octanol–water partition coefficient (Wildman–Crippen LogP) is 3.53. The zero-order valence-electron chi connectivity index (χ0n) is 14.6. The molecule has 0 unspecified atom stereocenters. The molecule has 0 fully saturated rings. The minimum absolute atomic E-state index is 0.624. The van der Waals surface area contributed by atoms with Crippen LogP contribution in [0.1, 0.15) is 17.2 Å². The predicted molar refractivity (Wildman–Crippen MR) is 105 cm³/mol. The first-order chi connectivity index (χ1) is 13.4. The summed E-state index contributed by atoms with van der Waals surface area (Å²) in [7, 11) is 0. The van der Waals surface area contributed by atoms with Crippen LogP contribution in [-0.4, -0.2) is 29.7 Å². The fourth-order valence-corrected chi connectivity index (χ4v) is 3.36. The van der Waals surface area contributed by atoms with Crippen LogP contribution in [0.4, 0.5) is 0 Å². The number of rotatable bonds is 7. The van der Waals surface area contributed by atoms with E-state index in [0.717, 1.165) is 35.5 Å². The van der Waals surface area contributed by atoms with Gasteiger partial charge in [0, 0.05) is 25.0 Å². The molecule has 3 heterocycles. The number of benzene rings is 1. The Kier molecular flexibility index (Phi) is 5.50. The van der Waals surface area contributed by atoms with E-state index in [1.54, 1.807) is 18.6 Å². The van der Waals surface area contributed by atoms with E-state index >= 15 is 0 Å². The van der Waals surface area contributed by atoms with E-state index in [4.69, 9.17) is 10.1 Å². The largest absolute Gasteiger partial charge is 0.237 e. The van der Waals surface area contributed by atoms with Gasteiger partial charge in [-0.2, -0.15) is 4.68 Å². The first-order valence-electron chi connectivity index (χ1n) is 8.68. The van der Waals surface area contributed by atoms with Crippen LogP contribution in [0.5, 0.6) is 0 Å². The summed E-state index contributed by atoms with van der Waals surface area (Å²) in [5, 5.41) is 5.42. The third-order valence-corrected chi connectivity index (χ3v) is 4.81. The van der Waals surface area contributed by atoms with Crippen LogP contribution in [0.2, 0.25) is 0 Å². The van der Waals surface area contributed by atoms with E-state index in [9.17, 15) is 0 Å². The van der Waals surface area contributed by atoms with E-state index < -0.39 is 0 Å². The molecule has 0 bridgehead atoms. The molecule has 6 nitrogen and oxygen atoms in total. The van der Waals surface area contributed by atoms with Crippen molar-refractivity contribution in [1.82, 2.24) is 29.7 Å². The van der Waals surface area contributed by atoms with Crippen molar-refractivity contribution in [2.75, 3.05) is 0 Å². The first kappa shape index (κ1) is 17.4. The molecule has 7 heteroatoms. The van der Waals surface area contributed by atoms with E-state index in [0.29, 0.717) is 5.75 Å². The number of aromatic nitrogens is 6. The second-order valence-electron chi connectivity index (χ2n) is 5.85. The summed E-state index contributed by atoms with van der Waals surface area (Å²) in [5.41, 5.74) is 1.28. The lowest BCUT2D eigenvalue weighted by atomic mass is 10.1. The molecular formula is C20H18N6S. The average Bonchev–Trinajstić information content (AvgIpc) is 3.16. The van der Waals surface area contributed by atoms with Gasteiger partial charge in [0.25, 0.3) is 0 Å². The van der Waals surface area contributed by atoms with E-state index in [1.807, 2.05) is 35.0 Å². The van der Waals surface area contributed by atoms with Crippen LogP contribution in [0, 0.1) is 0 Å². The molecule has 27 heavy (non-hydrogen) atoms. The lowest BCUT2D eigenvalue weighted by Crippen LogP contribution is -2.04. The second kappa shape index (κ2) is 8.55. The molecule has 4 rings (SSSR count). The van der Waals surface area contributed by atoms with Crippen LogP contribution in [0.3, 0.4) is 0 Å². The Hall–Kier alpha value is -3.06. The van der Waals surface area contributed by atoms with Crippen LogP contribution < -0.4 is 0 Å². The highest BCUT2D eigenvalue weighted by Gasteiger charge is 2.13. The van der Waals surface area contributed by atoms with Gasteiger partial charge in [-0.05, 0) is 30.2 Å². The normalized spacial score (nSPS) is 10.8. The van der Waals surface area contributed by atoms with E-state index in [-0.39, 0.29) is 0 Å². The lowest BCUT2D eigenvalue weighted by molar-refractivity contribution is 0.778. The van der Waals surface area contributed by atoms with Gasteiger partial charge in [0.1, 0.15) is 5.82 Å². The molecule has 0 aliphatic heterocycles. The average molecular weight is 374 g/mol. The molecule has 0 aliphatic carbocycles. The van der Waals surface area contributed by atoms with Crippen molar-refractivity contribution in [3.05, 3.63) is 90.4 Å². The topological polar surface area (TPSA) is 69.4 Å². The van der Waals surface area contributed by atoms with E-state index in [1.165, 1.54) is 17.3 Å². The number of hydrogen-bond donors (Lipinski definition) is 0. The molecule has 0 atom stereocenters. The number of aryl methyl sites for hydroxylation is 2. The molecule has 4 aromatic rings. The number of pyridine rings is 1. The van der Waals surface area contributed by atoms with Gasteiger partial charge in [0.05, 0.1) is 5.75 Å². The zero-order chi connectivity index (χ0) is 18.3. The standard InChI is InChI=1S/C20H18N6S/c1-2-7-16(8-3-1)10-11-17-24-19(15-27-20-22-13-6-14-23-20)26(25-17)18-9-4-5-12-21-18/h1-9,12-14H,10-11,15H2. The maximum Gasteiger partial charge on any atom is 0.187 e.